The molecular weight excluding hydrogens is 256 g/mol. The molecule has 1 amide bonds. The highest BCUT2D eigenvalue weighted by molar-refractivity contribution is 5.79. The van der Waals surface area contributed by atoms with Crippen LogP contribution in [0.2, 0.25) is 0 Å². The van der Waals surface area contributed by atoms with Gasteiger partial charge in [-0.2, -0.15) is 5.10 Å². The van der Waals surface area contributed by atoms with Crippen LogP contribution in [0.1, 0.15) is 18.5 Å². The molecule has 1 N–H and O–H groups in total. The van der Waals surface area contributed by atoms with E-state index in [1.54, 1.807) is 13.1 Å². The fraction of sp³-hybridized carbons (Fsp3) is 0.385. The van der Waals surface area contributed by atoms with Crippen LogP contribution in [0.25, 0.3) is 0 Å². The highest BCUT2D eigenvalue weighted by atomic mass is 16.2. The molecule has 1 unspecified atom stereocenters. The van der Waals surface area contributed by atoms with Gasteiger partial charge in [-0.15, -0.1) is 0 Å². The minimum Gasteiger partial charge on any atom is -0.363 e. The number of nitrogens with zero attached hydrogens (tertiary/aromatic N) is 5. The zero-order chi connectivity index (χ0) is 14.5. The summed E-state index contributed by atoms with van der Waals surface area (Å²) in [4.78, 5) is 22.0. The fourth-order valence-electron chi connectivity index (χ4n) is 1.69. The lowest BCUT2D eigenvalue weighted by molar-refractivity contribution is -0.124. The third kappa shape index (κ3) is 3.31. The van der Waals surface area contributed by atoms with Gasteiger partial charge in [-0.3, -0.25) is 4.79 Å². The molecule has 0 aliphatic carbocycles. The van der Waals surface area contributed by atoms with Crippen LogP contribution in [0, 0.1) is 0 Å². The first kappa shape index (κ1) is 14.0. The normalized spacial score (nSPS) is 11.9. The Bertz CT molecular complexity index is 566. The Balaban J connectivity index is 1.95. The lowest BCUT2D eigenvalue weighted by atomic mass is 10.2. The first-order chi connectivity index (χ1) is 9.58. The van der Waals surface area contributed by atoms with Crippen LogP contribution in [0.4, 0.5) is 5.82 Å². The number of nitrogens with one attached hydrogen (secondary N) is 1. The van der Waals surface area contributed by atoms with Crippen molar-refractivity contribution in [2.24, 2.45) is 0 Å². The number of pyridine rings is 1. The second-order valence-electron chi connectivity index (χ2n) is 4.69. The number of carbonyl (C=O) groups excluding carboxylic acids is 1. The Labute approximate surface area is 117 Å². The van der Waals surface area contributed by atoms with E-state index in [0.717, 1.165) is 11.4 Å². The van der Waals surface area contributed by atoms with Crippen molar-refractivity contribution >= 4 is 11.7 Å². The van der Waals surface area contributed by atoms with Crippen LogP contribution in [0.3, 0.4) is 0 Å². The average Bonchev–Trinajstić information content (AvgIpc) is 2.98. The summed E-state index contributed by atoms with van der Waals surface area (Å²) >= 11 is 0. The van der Waals surface area contributed by atoms with Crippen molar-refractivity contribution in [2.45, 2.75) is 19.5 Å². The molecule has 0 aliphatic rings. The van der Waals surface area contributed by atoms with Crippen molar-refractivity contribution in [1.82, 2.24) is 25.1 Å². The molecule has 106 valence electrons. The topological polar surface area (TPSA) is 75.9 Å². The minimum absolute atomic E-state index is 0.0984. The van der Waals surface area contributed by atoms with Crippen molar-refractivity contribution in [1.29, 1.82) is 0 Å². The average molecular weight is 274 g/mol. The van der Waals surface area contributed by atoms with Crippen molar-refractivity contribution in [2.75, 3.05) is 19.0 Å². The number of amides is 1. The first-order valence-electron chi connectivity index (χ1n) is 6.32. The van der Waals surface area contributed by atoms with E-state index in [2.05, 4.69) is 20.4 Å². The molecule has 2 heterocycles. The molecule has 0 aliphatic heterocycles. The maximum Gasteiger partial charge on any atom is 0.244 e. The Hall–Kier alpha value is -2.44. The highest BCUT2D eigenvalue weighted by Gasteiger charge is 2.14. The summed E-state index contributed by atoms with van der Waals surface area (Å²) in [6.07, 6.45) is 4.68. The van der Waals surface area contributed by atoms with Gasteiger partial charge in [-0.25, -0.2) is 14.6 Å². The van der Waals surface area contributed by atoms with Gasteiger partial charge in [-0.1, -0.05) is 0 Å². The van der Waals surface area contributed by atoms with E-state index in [-0.39, 0.29) is 11.9 Å². The monoisotopic (exact) mass is 274 g/mol. The second kappa shape index (κ2) is 6.14. The van der Waals surface area contributed by atoms with Gasteiger partial charge in [0.15, 0.2) is 0 Å². The number of hydrogen-bond acceptors (Lipinski definition) is 5. The molecule has 2 aromatic heterocycles. The number of carbonyl (C=O) groups is 1. The maximum absolute atomic E-state index is 12.0. The Kier molecular flexibility index (Phi) is 4.29. The molecule has 0 saturated carbocycles. The minimum atomic E-state index is -0.382. The zero-order valence-corrected chi connectivity index (χ0v) is 11.8. The maximum atomic E-state index is 12.0. The summed E-state index contributed by atoms with van der Waals surface area (Å²) in [5, 5.41) is 6.84. The van der Waals surface area contributed by atoms with E-state index < -0.39 is 0 Å². The van der Waals surface area contributed by atoms with Crippen LogP contribution in [0.15, 0.2) is 31.0 Å². The summed E-state index contributed by atoms with van der Waals surface area (Å²) in [6.45, 7) is 2.24. The van der Waals surface area contributed by atoms with Crippen LogP contribution >= 0.6 is 0 Å². The largest absolute Gasteiger partial charge is 0.363 e. The number of rotatable bonds is 5. The van der Waals surface area contributed by atoms with E-state index in [9.17, 15) is 4.79 Å². The summed E-state index contributed by atoms with van der Waals surface area (Å²) in [6, 6.07) is 3.45. The molecule has 0 bridgehead atoms. The molecule has 2 aromatic rings. The predicted molar refractivity (Wildman–Crippen MR) is 75.1 cm³/mol. The van der Waals surface area contributed by atoms with Gasteiger partial charge in [0.2, 0.25) is 5.91 Å². The molecule has 7 nitrogen and oxygen atoms in total. The Morgan fingerprint density at radius 2 is 2.30 bits per heavy atom. The standard InChI is InChI=1S/C13H18N6O/c1-10(19-9-14-8-17-19)13(20)16-7-11-4-5-15-12(6-11)18(2)3/h4-6,8-10H,7H2,1-3H3,(H,16,20). The number of anilines is 1. The van der Waals surface area contributed by atoms with Gasteiger partial charge in [0.1, 0.15) is 24.5 Å². The molecule has 7 heteroatoms. The van der Waals surface area contributed by atoms with Crippen molar-refractivity contribution in [3.05, 3.63) is 36.5 Å². The summed E-state index contributed by atoms with van der Waals surface area (Å²) in [5.41, 5.74) is 1.00. The van der Waals surface area contributed by atoms with Crippen molar-refractivity contribution in [3.63, 3.8) is 0 Å². The van der Waals surface area contributed by atoms with Gasteiger partial charge >= 0.3 is 0 Å². The third-order valence-corrected chi connectivity index (χ3v) is 2.95. The Morgan fingerprint density at radius 1 is 1.50 bits per heavy atom. The van der Waals surface area contributed by atoms with Crippen LogP contribution in [0.5, 0.6) is 0 Å². The molecular formula is C13H18N6O. The molecule has 0 fully saturated rings. The number of aromatic nitrogens is 4. The van der Waals surface area contributed by atoms with Crippen molar-refractivity contribution < 1.29 is 4.79 Å². The van der Waals surface area contributed by atoms with Gasteiger partial charge in [0.05, 0.1) is 0 Å². The lowest BCUT2D eigenvalue weighted by Crippen LogP contribution is -2.30. The quantitative estimate of drug-likeness (QED) is 0.865. The molecule has 0 spiro atoms. The smallest absolute Gasteiger partial charge is 0.244 e. The number of hydrogen-bond donors (Lipinski definition) is 1. The summed E-state index contributed by atoms with van der Waals surface area (Å²) in [5.74, 6) is 0.764. The second-order valence-corrected chi connectivity index (χ2v) is 4.69. The summed E-state index contributed by atoms with van der Waals surface area (Å²) < 4.78 is 1.52. The predicted octanol–water partition coefficient (Wildman–Crippen LogP) is 0.616. The molecule has 1 atom stereocenters. The zero-order valence-electron chi connectivity index (χ0n) is 11.8. The van der Waals surface area contributed by atoms with Crippen LogP contribution in [-0.4, -0.2) is 39.8 Å². The third-order valence-electron chi connectivity index (χ3n) is 2.95. The van der Waals surface area contributed by atoms with Gasteiger partial charge in [-0.05, 0) is 24.6 Å². The van der Waals surface area contributed by atoms with E-state index in [1.807, 2.05) is 31.1 Å². The molecule has 0 radical (unpaired) electrons. The van der Waals surface area contributed by atoms with E-state index in [0.29, 0.717) is 6.54 Å². The molecule has 20 heavy (non-hydrogen) atoms. The van der Waals surface area contributed by atoms with Crippen LogP contribution < -0.4 is 10.2 Å². The SMILES string of the molecule is CC(C(=O)NCc1ccnc(N(C)C)c1)n1cncn1. The Morgan fingerprint density at radius 3 is 2.95 bits per heavy atom. The fourth-order valence-corrected chi connectivity index (χ4v) is 1.69. The lowest BCUT2D eigenvalue weighted by Gasteiger charge is -2.14. The summed E-state index contributed by atoms with van der Waals surface area (Å²) in [7, 11) is 3.86. The van der Waals surface area contributed by atoms with Gasteiger partial charge < -0.3 is 10.2 Å². The molecule has 0 saturated heterocycles. The van der Waals surface area contributed by atoms with E-state index in [4.69, 9.17) is 0 Å². The van der Waals surface area contributed by atoms with E-state index >= 15 is 0 Å². The van der Waals surface area contributed by atoms with Gasteiger partial charge in [0, 0.05) is 26.8 Å². The van der Waals surface area contributed by atoms with Gasteiger partial charge in [0.25, 0.3) is 0 Å². The molecule has 2 rings (SSSR count). The highest BCUT2D eigenvalue weighted by Crippen LogP contribution is 2.10. The van der Waals surface area contributed by atoms with Crippen molar-refractivity contribution in [3.8, 4) is 0 Å². The molecule has 0 aromatic carbocycles. The van der Waals surface area contributed by atoms with Crippen LogP contribution in [-0.2, 0) is 11.3 Å². The first-order valence-corrected chi connectivity index (χ1v) is 6.32. The van der Waals surface area contributed by atoms with E-state index in [1.165, 1.54) is 17.3 Å².